The van der Waals surface area contributed by atoms with Gasteiger partial charge in [-0.05, 0) is 42.0 Å². The second-order valence-electron chi connectivity index (χ2n) is 4.88. The van der Waals surface area contributed by atoms with Crippen LogP contribution in [0.25, 0.3) is 17.1 Å². The number of aliphatic imine (C=N–C) groups is 1. The van der Waals surface area contributed by atoms with E-state index >= 15 is 0 Å². The molecule has 0 aromatic carbocycles. The molecule has 6 heteroatoms. The first-order chi connectivity index (χ1) is 11.3. The maximum absolute atomic E-state index is 6.11. The van der Waals surface area contributed by atoms with Crippen LogP contribution in [0, 0.1) is 0 Å². The lowest BCUT2D eigenvalue weighted by Gasteiger charge is -1.99. The fourth-order valence-electron chi connectivity index (χ4n) is 2.29. The second kappa shape index (κ2) is 5.70. The predicted molar refractivity (Wildman–Crippen MR) is 89.4 cm³/mol. The summed E-state index contributed by atoms with van der Waals surface area (Å²) >= 11 is 6.11. The summed E-state index contributed by atoms with van der Waals surface area (Å²) in [4.78, 5) is 13.2. The van der Waals surface area contributed by atoms with Crippen molar-refractivity contribution in [2.75, 3.05) is 0 Å². The highest BCUT2D eigenvalue weighted by atomic mass is 35.5. The van der Waals surface area contributed by atoms with Crippen molar-refractivity contribution < 1.29 is 4.42 Å². The monoisotopic (exact) mass is 322 g/mol. The average Bonchev–Trinajstić information content (AvgIpc) is 3.21. The van der Waals surface area contributed by atoms with Crippen molar-refractivity contribution in [3.63, 3.8) is 0 Å². The van der Waals surface area contributed by atoms with Crippen LogP contribution in [0.5, 0.6) is 0 Å². The molecule has 4 aromatic heterocycles. The van der Waals surface area contributed by atoms with E-state index in [-0.39, 0.29) is 0 Å². The number of nitrogens with zero attached hydrogens (tertiary/aromatic N) is 4. The van der Waals surface area contributed by atoms with Crippen molar-refractivity contribution in [3.8, 4) is 11.5 Å². The summed E-state index contributed by atoms with van der Waals surface area (Å²) in [6.45, 7) is 0. The van der Waals surface area contributed by atoms with Crippen LogP contribution in [0.4, 0.5) is 5.82 Å². The Morgan fingerprint density at radius 1 is 1.13 bits per heavy atom. The van der Waals surface area contributed by atoms with Crippen LogP contribution >= 0.6 is 11.6 Å². The van der Waals surface area contributed by atoms with Crippen LogP contribution < -0.4 is 0 Å². The minimum Gasteiger partial charge on any atom is -0.463 e. The molecule has 0 bridgehead atoms. The number of hydrogen-bond acceptors (Lipinski definition) is 4. The van der Waals surface area contributed by atoms with Gasteiger partial charge < -0.3 is 4.42 Å². The Labute approximate surface area is 136 Å². The summed E-state index contributed by atoms with van der Waals surface area (Å²) in [5.41, 5.74) is 2.37. The van der Waals surface area contributed by atoms with Crippen LogP contribution in [0.15, 0.2) is 70.7 Å². The Bertz CT molecular complexity index is 975. The van der Waals surface area contributed by atoms with Crippen LogP contribution in [0.2, 0.25) is 5.02 Å². The van der Waals surface area contributed by atoms with E-state index in [2.05, 4.69) is 15.0 Å². The lowest BCUT2D eigenvalue weighted by Crippen LogP contribution is -1.85. The highest BCUT2D eigenvalue weighted by molar-refractivity contribution is 6.30. The number of furan rings is 1. The maximum atomic E-state index is 6.11. The number of aromatic nitrogens is 3. The van der Waals surface area contributed by atoms with Gasteiger partial charge in [-0.2, -0.15) is 0 Å². The van der Waals surface area contributed by atoms with Crippen LogP contribution in [0.1, 0.15) is 5.56 Å². The molecule has 112 valence electrons. The van der Waals surface area contributed by atoms with Crippen molar-refractivity contribution in [2.24, 2.45) is 4.99 Å². The third-order valence-corrected chi connectivity index (χ3v) is 3.58. The summed E-state index contributed by atoms with van der Waals surface area (Å²) in [6.07, 6.45) is 8.61. The quantitative estimate of drug-likeness (QED) is 0.525. The number of imidazole rings is 1. The van der Waals surface area contributed by atoms with Gasteiger partial charge in [-0.25, -0.2) is 9.98 Å². The number of rotatable bonds is 3. The van der Waals surface area contributed by atoms with Crippen molar-refractivity contribution >= 4 is 29.3 Å². The summed E-state index contributed by atoms with van der Waals surface area (Å²) in [5.74, 6) is 1.32. The molecule has 0 radical (unpaired) electrons. The molecule has 4 heterocycles. The molecule has 0 unspecified atom stereocenters. The molecule has 0 N–H and O–H groups in total. The van der Waals surface area contributed by atoms with Crippen molar-refractivity contribution in [3.05, 3.63) is 71.8 Å². The molecule has 4 rings (SSSR count). The zero-order chi connectivity index (χ0) is 15.6. The molecule has 0 amide bonds. The standard InChI is InChI=1S/C17H11ClN4O/c18-13-3-4-15-21-16(14-2-1-9-23-14)17(22(15)11-13)20-10-12-5-7-19-8-6-12/h1-11H/b20-10+. The summed E-state index contributed by atoms with van der Waals surface area (Å²) in [6, 6.07) is 11.1. The molecule has 5 nitrogen and oxygen atoms in total. The van der Waals surface area contributed by atoms with Crippen molar-refractivity contribution in [1.29, 1.82) is 0 Å². The molecule has 0 aliphatic carbocycles. The van der Waals surface area contributed by atoms with Gasteiger partial charge in [0.05, 0.1) is 11.3 Å². The molecular weight excluding hydrogens is 312 g/mol. The highest BCUT2D eigenvalue weighted by Crippen LogP contribution is 2.32. The van der Waals surface area contributed by atoms with Gasteiger partial charge in [0.15, 0.2) is 17.3 Å². The number of hydrogen-bond donors (Lipinski definition) is 0. The topological polar surface area (TPSA) is 55.7 Å². The van der Waals surface area contributed by atoms with E-state index in [1.165, 1.54) is 0 Å². The van der Waals surface area contributed by atoms with Gasteiger partial charge in [0, 0.05) is 24.8 Å². The minimum absolute atomic E-state index is 0.612. The van der Waals surface area contributed by atoms with Gasteiger partial charge >= 0.3 is 0 Å². The van der Waals surface area contributed by atoms with E-state index in [0.717, 1.165) is 11.2 Å². The normalized spacial score (nSPS) is 11.5. The molecule has 23 heavy (non-hydrogen) atoms. The predicted octanol–water partition coefficient (Wildman–Crippen LogP) is 4.39. The van der Waals surface area contributed by atoms with Crippen molar-refractivity contribution in [2.45, 2.75) is 0 Å². The smallest absolute Gasteiger partial charge is 0.168 e. The molecule has 0 aliphatic rings. The largest absolute Gasteiger partial charge is 0.463 e. The van der Waals surface area contributed by atoms with E-state index in [0.29, 0.717) is 22.3 Å². The minimum atomic E-state index is 0.612. The molecular formula is C17H11ClN4O. The van der Waals surface area contributed by atoms with Gasteiger partial charge in [-0.1, -0.05) is 11.6 Å². The van der Waals surface area contributed by atoms with Crippen LogP contribution in [0.3, 0.4) is 0 Å². The molecule has 4 aromatic rings. The maximum Gasteiger partial charge on any atom is 0.168 e. The Kier molecular flexibility index (Phi) is 3.40. The summed E-state index contributed by atoms with van der Waals surface area (Å²) in [5, 5.41) is 0.612. The number of fused-ring (bicyclic) bond motifs is 1. The van der Waals surface area contributed by atoms with Gasteiger partial charge in [-0.3, -0.25) is 9.38 Å². The summed E-state index contributed by atoms with van der Waals surface area (Å²) < 4.78 is 7.32. The average molecular weight is 323 g/mol. The molecule has 0 saturated carbocycles. The Hall–Kier alpha value is -2.92. The van der Waals surface area contributed by atoms with Crippen LogP contribution in [-0.4, -0.2) is 20.6 Å². The molecule has 0 atom stereocenters. The van der Waals surface area contributed by atoms with Crippen LogP contribution in [-0.2, 0) is 0 Å². The lowest BCUT2D eigenvalue weighted by molar-refractivity contribution is 0.580. The first-order valence-corrected chi connectivity index (χ1v) is 7.34. The molecule has 0 aliphatic heterocycles. The number of halogens is 1. The first-order valence-electron chi connectivity index (χ1n) is 6.97. The van der Waals surface area contributed by atoms with E-state index < -0.39 is 0 Å². The SMILES string of the molecule is Clc1ccc2nc(-c3ccco3)c(/N=C/c3ccncc3)n2c1. The fraction of sp³-hybridized carbons (Fsp3) is 0. The third kappa shape index (κ3) is 2.62. The van der Waals surface area contributed by atoms with Gasteiger partial charge in [0.2, 0.25) is 0 Å². The van der Waals surface area contributed by atoms with Gasteiger partial charge in [-0.15, -0.1) is 0 Å². The van der Waals surface area contributed by atoms with Crippen molar-refractivity contribution in [1.82, 2.24) is 14.4 Å². The Morgan fingerprint density at radius 3 is 2.78 bits per heavy atom. The molecule has 0 spiro atoms. The van der Waals surface area contributed by atoms with E-state index in [1.54, 1.807) is 37.1 Å². The van der Waals surface area contributed by atoms with Gasteiger partial charge in [0.1, 0.15) is 5.65 Å². The van der Waals surface area contributed by atoms with E-state index in [9.17, 15) is 0 Å². The first kappa shape index (κ1) is 13.7. The van der Waals surface area contributed by atoms with E-state index in [1.807, 2.05) is 34.7 Å². The molecule has 0 saturated heterocycles. The van der Waals surface area contributed by atoms with E-state index in [4.69, 9.17) is 16.0 Å². The molecule has 0 fully saturated rings. The third-order valence-electron chi connectivity index (χ3n) is 3.35. The highest BCUT2D eigenvalue weighted by Gasteiger charge is 2.15. The Morgan fingerprint density at radius 2 is 2.00 bits per heavy atom. The zero-order valence-electron chi connectivity index (χ0n) is 11.9. The summed E-state index contributed by atoms with van der Waals surface area (Å²) in [7, 11) is 0. The number of pyridine rings is 2. The fourth-order valence-corrected chi connectivity index (χ4v) is 2.45. The lowest BCUT2D eigenvalue weighted by atomic mass is 10.3. The van der Waals surface area contributed by atoms with Gasteiger partial charge in [0.25, 0.3) is 0 Å². The second-order valence-corrected chi connectivity index (χ2v) is 5.31. The zero-order valence-corrected chi connectivity index (χ0v) is 12.7. The Balaban J connectivity index is 1.90.